The van der Waals surface area contributed by atoms with Gasteiger partial charge >= 0.3 is 0 Å². The van der Waals surface area contributed by atoms with Crippen molar-refractivity contribution in [2.45, 2.75) is 231 Å². The summed E-state index contributed by atoms with van der Waals surface area (Å²) in [5.41, 5.74) is 7.32. The van der Waals surface area contributed by atoms with E-state index in [-0.39, 0.29) is 48.8 Å². The van der Waals surface area contributed by atoms with Crippen LogP contribution in [0, 0.1) is 23.7 Å². The lowest BCUT2D eigenvalue weighted by molar-refractivity contribution is 0.173. The maximum Gasteiger partial charge on any atom is 0.152 e. The summed E-state index contributed by atoms with van der Waals surface area (Å²) in [5, 5.41) is 12.8. The predicted molar refractivity (Wildman–Crippen MR) is 344 cm³/mol. The summed E-state index contributed by atoms with van der Waals surface area (Å²) in [6.07, 6.45) is 30.4. The molecular formula is C62H95N19. The zero-order valence-corrected chi connectivity index (χ0v) is 52.5. The molecule has 0 aromatic heterocycles. The van der Waals surface area contributed by atoms with Gasteiger partial charge in [-0.3, -0.25) is 35.0 Å². The van der Waals surface area contributed by atoms with Crippen LogP contribution in [0.25, 0.3) is 0 Å². The van der Waals surface area contributed by atoms with Crippen LogP contribution in [-0.2, 0) is 0 Å². The Balaban J connectivity index is 0.000000140. The number of allylic oxidation sites excluding steroid dienone is 3. The van der Waals surface area contributed by atoms with Crippen molar-refractivity contribution in [3.8, 4) is 0 Å². The Morgan fingerprint density at radius 1 is 0.333 bits per heavy atom. The number of aliphatic imine (C=N–C) groups is 11. The highest BCUT2D eigenvalue weighted by Gasteiger charge is 2.37. The molecule has 0 aromatic carbocycles. The first kappa shape index (κ1) is 61.8. The molecule has 0 radical (unpaired) electrons. The van der Waals surface area contributed by atoms with Crippen LogP contribution in [0.2, 0.25) is 0 Å². The zero-order chi connectivity index (χ0) is 59.1. The van der Waals surface area contributed by atoms with Crippen LogP contribution in [0.1, 0.15) is 145 Å². The normalized spacial score (nSPS) is 30.8. The smallest absolute Gasteiger partial charge is 0.152 e. The SMILES string of the molecule is CC1=CC2C=CN(C(C)C)C2N=C1C.CC1=CC2C=NN(C(C)C)C2N=C1C.CC1=CC2N=CN(C(C)C)C2N=C1C.CC1=NC2C(C=CN2C(C)C)C=N1.CC1=NC2C(C=N1)C=NN2C(C)C.CC1=NC2C(C=N1)N=CN2C(C)C. The molecule has 12 atom stereocenters. The van der Waals surface area contributed by atoms with Crippen molar-refractivity contribution in [1.82, 2.24) is 29.6 Å². The van der Waals surface area contributed by atoms with Gasteiger partial charge in [-0.05, 0) is 175 Å². The molecule has 12 aliphatic heterocycles. The molecule has 12 unspecified atom stereocenters. The predicted octanol–water partition coefficient (Wildman–Crippen LogP) is 10.2. The quantitative estimate of drug-likeness (QED) is 0.255. The first-order valence-corrected chi connectivity index (χ1v) is 29.5. The minimum Gasteiger partial charge on any atom is -0.353 e. The van der Waals surface area contributed by atoms with Gasteiger partial charge in [0.05, 0.1) is 30.4 Å². The summed E-state index contributed by atoms with van der Waals surface area (Å²) < 4.78 is 0. The van der Waals surface area contributed by atoms with Gasteiger partial charge in [0.2, 0.25) is 0 Å². The highest BCUT2D eigenvalue weighted by molar-refractivity contribution is 6.01. The van der Waals surface area contributed by atoms with Gasteiger partial charge in [-0.15, -0.1) is 0 Å². The van der Waals surface area contributed by atoms with Crippen LogP contribution in [0.5, 0.6) is 0 Å². The lowest BCUT2D eigenvalue weighted by Gasteiger charge is -2.31. The molecule has 0 saturated heterocycles. The molecule has 0 N–H and O–H groups in total. The van der Waals surface area contributed by atoms with Crippen LogP contribution in [0.4, 0.5) is 0 Å². The van der Waals surface area contributed by atoms with Gasteiger partial charge < -0.3 is 19.6 Å². The fourth-order valence-corrected chi connectivity index (χ4v) is 10.8. The van der Waals surface area contributed by atoms with Gasteiger partial charge in [-0.1, -0.05) is 30.4 Å². The molecular weight excluding hydrogens is 1010 g/mol. The fourth-order valence-electron chi connectivity index (χ4n) is 10.8. The molecule has 0 aromatic rings. The topological polar surface area (TPSA) is 180 Å². The number of rotatable bonds is 6. The van der Waals surface area contributed by atoms with Gasteiger partial charge in [0.1, 0.15) is 54.3 Å². The third kappa shape index (κ3) is 14.8. The van der Waals surface area contributed by atoms with Crippen molar-refractivity contribution in [2.75, 3.05) is 0 Å². The monoisotopic (exact) mass is 1110 g/mol. The third-order valence-corrected chi connectivity index (χ3v) is 15.9. The van der Waals surface area contributed by atoms with Gasteiger partial charge in [0.25, 0.3) is 0 Å². The van der Waals surface area contributed by atoms with Gasteiger partial charge in [-0.25, -0.2) is 30.0 Å². The molecule has 0 bridgehead atoms. The first-order valence-electron chi connectivity index (χ1n) is 29.5. The number of hydrazone groups is 2. The van der Waals surface area contributed by atoms with Crippen LogP contribution in [0.3, 0.4) is 0 Å². The number of nitrogens with zero attached hydrogens (tertiary/aromatic N) is 19. The summed E-state index contributed by atoms with van der Waals surface area (Å²) >= 11 is 0. The Kier molecular flexibility index (Phi) is 20.5. The second kappa shape index (κ2) is 26.9. The molecule has 19 nitrogen and oxygen atoms in total. The molecule has 438 valence electrons. The molecule has 0 saturated carbocycles. The minimum absolute atomic E-state index is 0.131. The molecule has 12 rings (SSSR count). The Morgan fingerprint density at radius 3 is 1.22 bits per heavy atom. The standard InChI is InChI=1S/C12H18N2.2C11H17N3.C10H15N3.2C9H14N4/c1-8(2)14-6-5-11-7-9(3)10(4)13-12(11)14;1-7(2)14-6-12-10-5-8(3)9(4)13-11(10)14;1-7(2)14-11-10(6-12-14)5-8(3)9(4)13-11;1-7(2)13-5-4-9-6-11-8(3)12-10(9)13;1-6(2)13-5-11-8-4-10-7(3)12-9(8)13;1-6(2)13-9-8(5-11-13)4-10-7(3)12-9/h5-8,11-12H,1-4H3;2*5-7,10-11H,1-4H3;4-7,9-10H,1-3H3;2*4-6,8-9H,1-3H3. The summed E-state index contributed by atoms with van der Waals surface area (Å²) in [5.74, 6) is 4.09. The summed E-state index contributed by atoms with van der Waals surface area (Å²) in [6, 6.07) is 3.14. The molecule has 81 heavy (non-hydrogen) atoms. The van der Waals surface area contributed by atoms with Crippen molar-refractivity contribution >= 4 is 78.4 Å². The fraction of sp³-hybridized carbons (Fsp3) is 0.629. The summed E-state index contributed by atoms with van der Waals surface area (Å²) in [6.45, 7) is 44.3. The van der Waals surface area contributed by atoms with Crippen molar-refractivity contribution in [1.29, 1.82) is 0 Å². The van der Waals surface area contributed by atoms with Gasteiger partial charge in [-0.2, -0.15) is 10.2 Å². The highest BCUT2D eigenvalue weighted by atomic mass is 15.5. The van der Waals surface area contributed by atoms with Gasteiger partial charge in [0, 0.05) is 90.4 Å². The Morgan fingerprint density at radius 2 is 0.704 bits per heavy atom. The van der Waals surface area contributed by atoms with Crippen LogP contribution >= 0.6 is 0 Å². The zero-order valence-electron chi connectivity index (χ0n) is 52.5. The van der Waals surface area contributed by atoms with E-state index in [1.54, 1.807) is 0 Å². The van der Waals surface area contributed by atoms with Gasteiger partial charge in [0.15, 0.2) is 12.3 Å². The molecule has 0 fully saturated rings. The number of hydrogen-bond donors (Lipinski definition) is 0. The molecule has 19 heteroatoms. The Labute approximate surface area is 485 Å². The maximum absolute atomic E-state index is 4.74. The van der Waals surface area contributed by atoms with Crippen molar-refractivity contribution in [3.05, 3.63) is 59.5 Å². The van der Waals surface area contributed by atoms with E-state index in [1.165, 1.54) is 22.4 Å². The lowest BCUT2D eigenvalue weighted by Crippen LogP contribution is -2.41. The molecule has 12 heterocycles. The number of amidine groups is 3. The van der Waals surface area contributed by atoms with Crippen LogP contribution in [0.15, 0.2) is 125 Å². The van der Waals surface area contributed by atoms with E-state index >= 15 is 0 Å². The van der Waals surface area contributed by atoms with E-state index in [1.807, 2.05) is 69.5 Å². The van der Waals surface area contributed by atoms with E-state index in [0.29, 0.717) is 60.2 Å². The second-order valence-electron chi connectivity index (χ2n) is 24.2. The van der Waals surface area contributed by atoms with Crippen molar-refractivity contribution in [2.24, 2.45) is 88.8 Å². The largest absolute Gasteiger partial charge is 0.353 e. The van der Waals surface area contributed by atoms with E-state index in [9.17, 15) is 0 Å². The maximum atomic E-state index is 4.74. The summed E-state index contributed by atoms with van der Waals surface area (Å²) in [7, 11) is 0. The number of dihydropyridines is 3. The van der Waals surface area contributed by atoms with Crippen molar-refractivity contribution in [3.63, 3.8) is 0 Å². The average molecular weight is 1110 g/mol. The van der Waals surface area contributed by atoms with Crippen LogP contribution < -0.4 is 0 Å². The molecule has 12 aliphatic rings. The molecule has 0 amide bonds. The first-order chi connectivity index (χ1) is 38.3. The van der Waals surface area contributed by atoms with Crippen molar-refractivity contribution < 1.29 is 0 Å². The van der Waals surface area contributed by atoms with E-state index in [2.05, 4.69) is 252 Å². The Bertz CT molecular complexity index is 2520. The van der Waals surface area contributed by atoms with E-state index < -0.39 is 0 Å². The number of hydrogen-bond acceptors (Lipinski definition) is 19. The van der Waals surface area contributed by atoms with E-state index in [0.717, 1.165) is 28.9 Å². The highest BCUT2D eigenvalue weighted by Crippen LogP contribution is 2.32. The number of fused-ring (bicyclic) bond motifs is 6. The molecule has 0 aliphatic carbocycles. The minimum atomic E-state index is 0.131. The van der Waals surface area contributed by atoms with Crippen LogP contribution in [-0.4, -0.2) is 193 Å². The average Bonchev–Trinajstić information content (AvgIpc) is 4.35. The lowest BCUT2D eigenvalue weighted by atomic mass is 9.98. The summed E-state index contributed by atoms with van der Waals surface area (Å²) in [4.78, 5) is 57.9. The van der Waals surface area contributed by atoms with E-state index in [4.69, 9.17) is 4.99 Å². The molecule has 0 spiro atoms. The second-order valence-corrected chi connectivity index (χ2v) is 24.2. The Hall–Kier alpha value is -6.79. The third-order valence-electron chi connectivity index (χ3n) is 15.9.